The van der Waals surface area contributed by atoms with Crippen molar-refractivity contribution in [2.75, 3.05) is 0 Å². The van der Waals surface area contributed by atoms with Gasteiger partial charge in [0.15, 0.2) is 5.16 Å². The summed E-state index contributed by atoms with van der Waals surface area (Å²) in [4.78, 5) is 0. The Morgan fingerprint density at radius 2 is 2.05 bits per heavy atom. The molecule has 3 nitrogen and oxygen atoms in total. The lowest BCUT2D eigenvalue weighted by Gasteiger charge is -2.20. The zero-order chi connectivity index (χ0) is 15.5. The molecule has 0 N–H and O–H groups in total. The maximum absolute atomic E-state index is 13.1. The van der Waals surface area contributed by atoms with Crippen molar-refractivity contribution in [3.8, 4) is 0 Å². The van der Waals surface area contributed by atoms with E-state index in [1.54, 1.807) is 17.8 Å². The molecule has 1 aliphatic rings. The van der Waals surface area contributed by atoms with Crippen molar-refractivity contribution in [3.63, 3.8) is 0 Å². The molecule has 0 amide bonds. The van der Waals surface area contributed by atoms with Crippen LogP contribution in [0.2, 0.25) is 5.02 Å². The van der Waals surface area contributed by atoms with Crippen LogP contribution in [-0.4, -0.2) is 14.8 Å². The third kappa shape index (κ3) is 3.46. The standard InChI is InChI=1S/C16H19ClFN3S/c1-21-15(11-5-3-2-4-6-11)19-20-16(21)22-10-12-7-8-13(18)9-14(12)17/h7-9,11H,2-6,10H2,1H3. The highest BCUT2D eigenvalue weighted by Gasteiger charge is 2.21. The summed E-state index contributed by atoms with van der Waals surface area (Å²) in [7, 11) is 2.03. The van der Waals surface area contributed by atoms with Crippen LogP contribution < -0.4 is 0 Å². The Morgan fingerprint density at radius 3 is 2.77 bits per heavy atom. The molecular formula is C16H19ClFN3S. The zero-order valence-electron chi connectivity index (χ0n) is 12.6. The van der Waals surface area contributed by atoms with Gasteiger partial charge >= 0.3 is 0 Å². The molecule has 118 valence electrons. The lowest BCUT2D eigenvalue weighted by atomic mass is 9.89. The number of aromatic nitrogens is 3. The van der Waals surface area contributed by atoms with Gasteiger partial charge in [0.05, 0.1) is 0 Å². The minimum Gasteiger partial charge on any atom is -0.309 e. The van der Waals surface area contributed by atoms with E-state index in [1.807, 2.05) is 7.05 Å². The van der Waals surface area contributed by atoms with Gasteiger partial charge in [0.1, 0.15) is 11.6 Å². The van der Waals surface area contributed by atoms with Crippen molar-refractivity contribution in [1.82, 2.24) is 14.8 Å². The lowest BCUT2D eigenvalue weighted by molar-refractivity contribution is 0.418. The molecule has 1 fully saturated rings. The first-order chi connectivity index (χ1) is 10.6. The number of hydrogen-bond donors (Lipinski definition) is 0. The largest absolute Gasteiger partial charge is 0.309 e. The molecule has 22 heavy (non-hydrogen) atoms. The highest BCUT2D eigenvalue weighted by atomic mass is 35.5. The fraction of sp³-hybridized carbons (Fsp3) is 0.500. The summed E-state index contributed by atoms with van der Waals surface area (Å²) in [6.07, 6.45) is 6.32. The predicted molar refractivity (Wildman–Crippen MR) is 87.8 cm³/mol. The van der Waals surface area contributed by atoms with Crippen molar-refractivity contribution >= 4 is 23.4 Å². The van der Waals surface area contributed by atoms with Gasteiger partial charge in [-0.25, -0.2) is 4.39 Å². The van der Waals surface area contributed by atoms with Crippen LogP contribution in [0.1, 0.15) is 49.4 Å². The van der Waals surface area contributed by atoms with Gasteiger partial charge in [-0.1, -0.05) is 48.7 Å². The van der Waals surface area contributed by atoms with Crippen molar-refractivity contribution in [3.05, 3.63) is 40.4 Å². The molecule has 1 aromatic carbocycles. The van der Waals surface area contributed by atoms with Gasteiger partial charge in [-0.15, -0.1) is 10.2 Å². The summed E-state index contributed by atoms with van der Waals surface area (Å²) in [6.45, 7) is 0. The average molecular weight is 340 g/mol. The SMILES string of the molecule is Cn1c(SCc2ccc(F)cc2Cl)nnc1C1CCCCC1. The number of halogens is 2. The van der Waals surface area contributed by atoms with E-state index in [1.165, 1.54) is 44.2 Å². The van der Waals surface area contributed by atoms with E-state index in [0.29, 0.717) is 16.7 Å². The third-order valence-corrected chi connectivity index (χ3v) is 5.63. The zero-order valence-corrected chi connectivity index (χ0v) is 14.1. The first kappa shape index (κ1) is 15.8. The minimum atomic E-state index is -0.308. The normalized spacial score (nSPS) is 16.1. The van der Waals surface area contributed by atoms with Crippen LogP contribution in [-0.2, 0) is 12.8 Å². The topological polar surface area (TPSA) is 30.7 Å². The third-order valence-electron chi connectivity index (χ3n) is 4.21. The van der Waals surface area contributed by atoms with Crippen molar-refractivity contribution < 1.29 is 4.39 Å². The second kappa shape index (κ2) is 7.01. The second-order valence-electron chi connectivity index (χ2n) is 5.76. The molecule has 0 radical (unpaired) electrons. The van der Waals surface area contributed by atoms with Crippen LogP contribution in [0, 0.1) is 5.82 Å². The Hall–Kier alpha value is -1.07. The summed E-state index contributed by atoms with van der Waals surface area (Å²) in [5.74, 6) is 1.98. The first-order valence-electron chi connectivity index (χ1n) is 7.61. The van der Waals surface area contributed by atoms with Crippen LogP contribution in [0.25, 0.3) is 0 Å². The van der Waals surface area contributed by atoms with Gasteiger partial charge in [-0.05, 0) is 30.5 Å². The second-order valence-corrected chi connectivity index (χ2v) is 7.11. The molecule has 0 saturated heterocycles. The van der Waals surface area contributed by atoms with Gasteiger partial charge in [0.2, 0.25) is 0 Å². The van der Waals surface area contributed by atoms with E-state index in [4.69, 9.17) is 11.6 Å². The Labute approximate surface area is 139 Å². The molecule has 0 atom stereocenters. The first-order valence-corrected chi connectivity index (χ1v) is 8.97. The fourth-order valence-corrected chi connectivity index (χ4v) is 4.18. The molecule has 1 aliphatic carbocycles. The molecule has 0 spiro atoms. The molecule has 0 bridgehead atoms. The Balaban J connectivity index is 1.69. The van der Waals surface area contributed by atoms with Gasteiger partial charge < -0.3 is 4.57 Å². The quantitative estimate of drug-likeness (QED) is 0.738. The van der Waals surface area contributed by atoms with Crippen LogP contribution >= 0.6 is 23.4 Å². The van der Waals surface area contributed by atoms with Crippen molar-refractivity contribution in [1.29, 1.82) is 0 Å². The van der Waals surface area contributed by atoms with Gasteiger partial charge in [0, 0.05) is 23.7 Å². The Kier molecular flexibility index (Phi) is 5.03. The van der Waals surface area contributed by atoms with E-state index in [0.717, 1.165) is 16.5 Å². The lowest BCUT2D eigenvalue weighted by Crippen LogP contribution is -2.10. The molecule has 6 heteroatoms. The van der Waals surface area contributed by atoms with Crippen molar-refractivity contribution in [2.45, 2.75) is 48.9 Å². The molecule has 3 rings (SSSR count). The summed E-state index contributed by atoms with van der Waals surface area (Å²) in [6, 6.07) is 4.51. The van der Waals surface area contributed by atoms with Gasteiger partial charge in [-0.2, -0.15) is 0 Å². The minimum absolute atomic E-state index is 0.308. The Morgan fingerprint density at radius 1 is 1.27 bits per heavy atom. The molecule has 0 unspecified atom stereocenters. The predicted octanol–water partition coefficient (Wildman–Crippen LogP) is 4.95. The summed E-state index contributed by atoms with van der Waals surface area (Å²) in [5, 5.41) is 10.0. The summed E-state index contributed by atoms with van der Waals surface area (Å²) in [5.41, 5.74) is 0.912. The molecular weight excluding hydrogens is 321 g/mol. The smallest absolute Gasteiger partial charge is 0.191 e. The van der Waals surface area contributed by atoms with Crippen LogP contribution in [0.15, 0.2) is 23.4 Å². The van der Waals surface area contributed by atoms with Crippen LogP contribution in [0.4, 0.5) is 4.39 Å². The van der Waals surface area contributed by atoms with Gasteiger partial charge in [0.25, 0.3) is 0 Å². The molecule has 2 aromatic rings. The van der Waals surface area contributed by atoms with Crippen LogP contribution in [0.3, 0.4) is 0 Å². The Bertz CT molecular complexity index is 653. The molecule has 1 aromatic heterocycles. The fourth-order valence-electron chi connectivity index (χ4n) is 2.95. The number of thioether (sulfide) groups is 1. The van der Waals surface area contributed by atoms with E-state index in [-0.39, 0.29) is 5.82 Å². The maximum atomic E-state index is 13.1. The highest BCUT2D eigenvalue weighted by molar-refractivity contribution is 7.98. The average Bonchev–Trinajstić information content (AvgIpc) is 2.88. The van der Waals surface area contributed by atoms with E-state index >= 15 is 0 Å². The highest BCUT2D eigenvalue weighted by Crippen LogP contribution is 2.33. The van der Waals surface area contributed by atoms with Crippen LogP contribution in [0.5, 0.6) is 0 Å². The molecule has 1 heterocycles. The number of nitrogens with zero attached hydrogens (tertiary/aromatic N) is 3. The molecule has 1 saturated carbocycles. The number of rotatable bonds is 4. The summed E-state index contributed by atoms with van der Waals surface area (Å²) >= 11 is 7.65. The molecule has 0 aliphatic heterocycles. The van der Waals surface area contributed by atoms with E-state index in [9.17, 15) is 4.39 Å². The summed E-state index contributed by atoms with van der Waals surface area (Å²) < 4.78 is 15.2. The maximum Gasteiger partial charge on any atom is 0.191 e. The van der Waals surface area contributed by atoms with Gasteiger partial charge in [-0.3, -0.25) is 0 Å². The van der Waals surface area contributed by atoms with E-state index < -0.39 is 0 Å². The van der Waals surface area contributed by atoms with Crippen molar-refractivity contribution in [2.24, 2.45) is 7.05 Å². The monoisotopic (exact) mass is 339 g/mol. The van der Waals surface area contributed by atoms with E-state index in [2.05, 4.69) is 14.8 Å². The number of benzene rings is 1. The number of hydrogen-bond acceptors (Lipinski definition) is 3.